The zero-order chi connectivity index (χ0) is 20.9. The Hall–Kier alpha value is -2.22. The lowest BCUT2D eigenvalue weighted by molar-refractivity contribution is 0.0730. The number of ether oxygens (including phenoxy) is 1. The van der Waals surface area contributed by atoms with E-state index in [0.29, 0.717) is 38.4 Å². The zero-order valence-corrected chi connectivity index (χ0v) is 17.8. The van der Waals surface area contributed by atoms with Crippen molar-refractivity contribution >= 4 is 15.9 Å². The summed E-state index contributed by atoms with van der Waals surface area (Å²) in [7, 11) is -3.63. The summed E-state index contributed by atoms with van der Waals surface area (Å²) in [5.74, 6) is -0.284. The average molecular weight is 417 g/mol. The summed E-state index contributed by atoms with van der Waals surface area (Å²) in [6.07, 6.45) is 1.83. The van der Waals surface area contributed by atoms with E-state index < -0.39 is 10.0 Å². The molecule has 0 radical (unpaired) electrons. The summed E-state index contributed by atoms with van der Waals surface area (Å²) in [5, 5.41) is 2.93. The molecule has 1 aliphatic rings. The summed E-state index contributed by atoms with van der Waals surface area (Å²) < 4.78 is 32.3. The lowest BCUT2D eigenvalue weighted by Crippen LogP contribution is -2.40. The number of nitrogens with one attached hydrogen (secondary N) is 1. The van der Waals surface area contributed by atoms with E-state index in [1.807, 2.05) is 0 Å². The van der Waals surface area contributed by atoms with Crippen molar-refractivity contribution in [1.29, 1.82) is 0 Å². The van der Waals surface area contributed by atoms with Crippen LogP contribution in [-0.4, -0.2) is 44.9 Å². The van der Waals surface area contributed by atoms with Crippen LogP contribution in [0.1, 0.15) is 40.9 Å². The maximum Gasteiger partial charge on any atom is 0.251 e. The van der Waals surface area contributed by atoms with Gasteiger partial charge in [-0.05, 0) is 47.7 Å². The van der Waals surface area contributed by atoms with E-state index in [-0.39, 0.29) is 10.8 Å². The van der Waals surface area contributed by atoms with Gasteiger partial charge in [-0.1, -0.05) is 38.1 Å². The van der Waals surface area contributed by atoms with E-state index in [9.17, 15) is 13.2 Å². The number of aryl methyl sites for hydroxylation is 2. The van der Waals surface area contributed by atoms with E-state index in [1.165, 1.54) is 27.6 Å². The van der Waals surface area contributed by atoms with E-state index >= 15 is 0 Å². The van der Waals surface area contributed by atoms with Crippen LogP contribution in [0, 0.1) is 0 Å². The fraction of sp³-hybridized carbons (Fsp3) is 0.409. The molecule has 7 heteroatoms. The number of nitrogens with zero attached hydrogens (tertiary/aromatic N) is 1. The molecular formula is C22H28N2O4S. The monoisotopic (exact) mass is 416 g/mol. The van der Waals surface area contributed by atoms with Crippen LogP contribution in [0.5, 0.6) is 0 Å². The Morgan fingerprint density at radius 3 is 2.48 bits per heavy atom. The molecule has 1 heterocycles. The van der Waals surface area contributed by atoms with Gasteiger partial charge in [0, 0.05) is 25.2 Å². The molecule has 0 unspecified atom stereocenters. The molecule has 3 rings (SSSR count). The van der Waals surface area contributed by atoms with Crippen molar-refractivity contribution in [1.82, 2.24) is 9.62 Å². The molecule has 1 fully saturated rings. The number of morpholine rings is 1. The first-order valence-electron chi connectivity index (χ1n) is 10.0. The minimum atomic E-state index is -3.63. The molecular weight excluding hydrogens is 388 g/mol. The second kappa shape index (κ2) is 9.52. The summed E-state index contributed by atoms with van der Waals surface area (Å²) in [5.41, 5.74) is 3.86. The quantitative estimate of drug-likeness (QED) is 0.753. The number of sulfonamides is 1. The standard InChI is InChI=1S/C22H28N2O4S/c1-3-17-8-9-18(4-2)20(14-17)16-23-22(25)19-6-5-7-21(15-19)29(26,27)24-10-12-28-13-11-24/h5-9,14-15H,3-4,10-13,16H2,1-2H3,(H,23,25). The molecule has 0 spiro atoms. The second-order valence-corrected chi connectivity index (χ2v) is 8.98. The first kappa shape index (κ1) is 21.5. The molecule has 1 aliphatic heterocycles. The summed E-state index contributed by atoms with van der Waals surface area (Å²) in [4.78, 5) is 12.8. The molecule has 0 atom stereocenters. The van der Waals surface area contributed by atoms with Crippen molar-refractivity contribution < 1.29 is 17.9 Å². The van der Waals surface area contributed by atoms with Crippen LogP contribution in [0.2, 0.25) is 0 Å². The minimum absolute atomic E-state index is 0.134. The van der Waals surface area contributed by atoms with Crippen LogP contribution in [0.3, 0.4) is 0 Å². The van der Waals surface area contributed by atoms with Crippen molar-refractivity contribution in [2.45, 2.75) is 38.1 Å². The fourth-order valence-corrected chi connectivity index (χ4v) is 4.87. The minimum Gasteiger partial charge on any atom is -0.379 e. The highest BCUT2D eigenvalue weighted by Gasteiger charge is 2.26. The summed E-state index contributed by atoms with van der Waals surface area (Å²) in [6, 6.07) is 12.6. The van der Waals surface area contributed by atoms with Crippen LogP contribution >= 0.6 is 0 Å². The Kier molecular flexibility index (Phi) is 7.05. The first-order chi connectivity index (χ1) is 14.0. The van der Waals surface area contributed by atoms with Gasteiger partial charge in [0.15, 0.2) is 0 Å². The largest absolute Gasteiger partial charge is 0.379 e. The van der Waals surface area contributed by atoms with Crippen molar-refractivity contribution in [2.24, 2.45) is 0 Å². The third-order valence-corrected chi connectivity index (χ3v) is 7.10. The molecule has 29 heavy (non-hydrogen) atoms. The average Bonchev–Trinajstić information content (AvgIpc) is 2.77. The molecule has 1 N–H and O–H groups in total. The van der Waals surface area contributed by atoms with Crippen molar-refractivity contribution in [2.75, 3.05) is 26.3 Å². The molecule has 0 saturated carbocycles. The van der Waals surface area contributed by atoms with Crippen LogP contribution < -0.4 is 5.32 Å². The van der Waals surface area contributed by atoms with Gasteiger partial charge >= 0.3 is 0 Å². The number of hydrogen-bond acceptors (Lipinski definition) is 4. The summed E-state index contributed by atoms with van der Waals surface area (Å²) >= 11 is 0. The lowest BCUT2D eigenvalue weighted by Gasteiger charge is -2.26. The van der Waals surface area contributed by atoms with Crippen molar-refractivity contribution in [3.8, 4) is 0 Å². The fourth-order valence-electron chi connectivity index (χ4n) is 3.42. The molecule has 2 aromatic carbocycles. The van der Waals surface area contributed by atoms with Crippen molar-refractivity contribution in [3.63, 3.8) is 0 Å². The molecule has 2 aromatic rings. The molecule has 1 amide bonds. The Morgan fingerprint density at radius 2 is 1.79 bits per heavy atom. The van der Waals surface area contributed by atoms with Gasteiger partial charge in [-0.25, -0.2) is 8.42 Å². The smallest absolute Gasteiger partial charge is 0.251 e. The third-order valence-electron chi connectivity index (χ3n) is 5.20. The SMILES string of the molecule is CCc1ccc(CC)c(CNC(=O)c2cccc(S(=O)(=O)N3CCOCC3)c2)c1. The van der Waals surface area contributed by atoms with Gasteiger partial charge < -0.3 is 10.1 Å². The van der Waals surface area contributed by atoms with Crippen LogP contribution in [0.25, 0.3) is 0 Å². The van der Waals surface area contributed by atoms with E-state index in [4.69, 9.17) is 4.74 Å². The molecule has 0 aromatic heterocycles. The molecule has 156 valence electrons. The van der Waals surface area contributed by atoms with Gasteiger partial charge in [0.25, 0.3) is 5.91 Å². The van der Waals surface area contributed by atoms with Gasteiger partial charge in [0.1, 0.15) is 0 Å². The maximum atomic E-state index is 12.8. The van der Waals surface area contributed by atoms with Crippen LogP contribution in [-0.2, 0) is 34.1 Å². The second-order valence-electron chi connectivity index (χ2n) is 7.04. The van der Waals surface area contributed by atoms with Gasteiger partial charge in [0.05, 0.1) is 18.1 Å². The Morgan fingerprint density at radius 1 is 1.03 bits per heavy atom. The normalized spacial score (nSPS) is 15.2. The van der Waals surface area contributed by atoms with Crippen LogP contribution in [0.15, 0.2) is 47.4 Å². The molecule has 0 bridgehead atoms. The van der Waals surface area contributed by atoms with Gasteiger partial charge in [-0.15, -0.1) is 0 Å². The number of rotatable bonds is 7. The van der Waals surface area contributed by atoms with Crippen LogP contribution in [0.4, 0.5) is 0 Å². The third kappa shape index (κ3) is 5.04. The highest BCUT2D eigenvalue weighted by Crippen LogP contribution is 2.19. The number of carbonyl (C=O) groups excluding carboxylic acids is 1. The number of amides is 1. The molecule has 0 aliphatic carbocycles. The van der Waals surface area contributed by atoms with Gasteiger partial charge in [0.2, 0.25) is 10.0 Å². The molecule has 1 saturated heterocycles. The number of benzene rings is 2. The Balaban J connectivity index is 1.75. The predicted octanol–water partition coefficient (Wildman–Crippen LogP) is 2.76. The first-order valence-corrected chi connectivity index (χ1v) is 11.5. The lowest BCUT2D eigenvalue weighted by atomic mass is 10.0. The zero-order valence-electron chi connectivity index (χ0n) is 17.0. The van der Waals surface area contributed by atoms with E-state index in [1.54, 1.807) is 12.1 Å². The van der Waals surface area contributed by atoms with E-state index in [2.05, 4.69) is 37.4 Å². The number of carbonyl (C=O) groups is 1. The van der Waals surface area contributed by atoms with Gasteiger partial charge in [-0.2, -0.15) is 4.31 Å². The highest BCUT2D eigenvalue weighted by atomic mass is 32.2. The molecule has 6 nitrogen and oxygen atoms in total. The summed E-state index contributed by atoms with van der Waals surface area (Å²) in [6.45, 7) is 6.02. The predicted molar refractivity (Wildman–Crippen MR) is 112 cm³/mol. The number of hydrogen-bond donors (Lipinski definition) is 1. The highest BCUT2D eigenvalue weighted by molar-refractivity contribution is 7.89. The topological polar surface area (TPSA) is 75.7 Å². The van der Waals surface area contributed by atoms with E-state index in [0.717, 1.165) is 18.4 Å². The Bertz CT molecular complexity index is 967. The maximum absolute atomic E-state index is 12.8. The van der Waals surface area contributed by atoms with Gasteiger partial charge in [-0.3, -0.25) is 4.79 Å². The Labute approximate surface area is 172 Å². The van der Waals surface area contributed by atoms with Crippen molar-refractivity contribution in [3.05, 3.63) is 64.7 Å².